The highest BCUT2D eigenvalue weighted by molar-refractivity contribution is 7.89. The van der Waals surface area contributed by atoms with E-state index >= 15 is 0 Å². The quantitative estimate of drug-likeness (QED) is 0.597. The number of benzene rings is 2. The zero-order valence-electron chi connectivity index (χ0n) is 14.5. The third-order valence-corrected chi connectivity index (χ3v) is 6.01. The standard InChI is InChI=1S/C19H15N3O4S2/c20-10-14-6-8-17(9-7-14)28(24,25)21-11-18(23)26-12-16-13-27-19(22-16)15-4-2-1-3-5-15/h1-9,13,21H,11-12H2. The average molecular weight is 413 g/mol. The Kier molecular flexibility index (Phi) is 6.16. The largest absolute Gasteiger partial charge is 0.458 e. The maximum absolute atomic E-state index is 12.2. The molecule has 28 heavy (non-hydrogen) atoms. The van der Waals surface area contributed by atoms with Gasteiger partial charge in [-0.25, -0.2) is 13.4 Å². The summed E-state index contributed by atoms with van der Waals surface area (Å²) in [6, 6.07) is 16.9. The number of esters is 1. The second kappa shape index (κ2) is 8.75. The van der Waals surface area contributed by atoms with E-state index in [1.54, 1.807) is 5.38 Å². The number of hydrogen-bond donors (Lipinski definition) is 1. The first-order valence-electron chi connectivity index (χ1n) is 8.13. The molecule has 142 valence electrons. The van der Waals surface area contributed by atoms with Crippen molar-refractivity contribution in [2.75, 3.05) is 6.54 Å². The van der Waals surface area contributed by atoms with Crippen LogP contribution in [0.3, 0.4) is 0 Å². The molecular formula is C19H15N3O4S2. The van der Waals surface area contributed by atoms with Gasteiger partial charge in [-0.3, -0.25) is 4.79 Å². The smallest absolute Gasteiger partial charge is 0.321 e. The average Bonchev–Trinajstić information content (AvgIpc) is 3.20. The number of aromatic nitrogens is 1. The van der Waals surface area contributed by atoms with Crippen molar-refractivity contribution in [2.24, 2.45) is 0 Å². The molecular weight excluding hydrogens is 398 g/mol. The predicted molar refractivity (Wildman–Crippen MR) is 104 cm³/mol. The van der Waals surface area contributed by atoms with Crippen LogP contribution in [0.5, 0.6) is 0 Å². The minimum absolute atomic E-state index is 0.0358. The van der Waals surface area contributed by atoms with Crippen LogP contribution >= 0.6 is 11.3 Å². The van der Waals surface area contributed by atoms with E-state index in [0.29, 0.717) is 11.3 Å². The van der Waals surface area contributed by atoms with E-state index in [1.165, 1.54) is 35.6 Å². The van der Waals surface area contributed by atoms with Gasteiger partial charge in [0.15, 0.2) is 0 Å². The van der Waals surface area contributed by atoms with E-state index < -0.39 is 22.5 Å². The first-order chi connectivity index (χ1) is 13.5. The number of ether oxygens (including phenoxy) is 1. The third kappa shape index (κ3) is 5.01. The van der Waals surface area contributed by atoms with Crippen molar-refractivity contribution in [3.05, 3.63) is 71.2 Å². The Morgan fingerprint density at radius 1 is 1.14 bits per heavy atom. The van der Waals surface area contributed by atoms with Gasteiger partial charge in [0.25, 0.3) is 0 Å². The second-order valence-corrected chi connectivity index (χ2v) is 8.26. The van der Waals surface area contributed by atoms with Gasteiger partial charge in [-0.2, -0.15) is 9.98 Å². The molecule has 1 N–H and O–H groups in total. The van der Waals surface area contributed by atoms with Crippen molar-refractivity contribution in [2.45, 2.75) is 11.5 Å². The monoisotopic (exact) mass is 413 g/mol. The molecule has 1 heterocycles. The molecule has 3 aromatic rings. The van der Waals surface area contributed by atoms with E-state index in [4.69, 9.17) is 10.00 Å². The Labute approximate surface area is 166 Å². The van der Waals surface area contributed by atoms with Crippen molar-refractivity contribution in [3.63, 3.8) is 0 Å². The van der Waals surface area contributed by atoms with Crippen LogP contribution in [0.4, 0.5) is 0 Å². The molecule has 3 rings (SSSR count). The zero-order valence-corrected chi connectivity index (χ0v) is 16.2. The number of sulfonamides is 1. The van der Waals surface area contributed by atoms with Crippen LogP contribution in [-0.2, 0) is 26.2 Å². The Bertz CT molecular complexity index is 1100. The molecule has 0 bridgehead atoms. The molecule has 0 saturated heterocycles. The molecule has 0 amide bonds. The molecule has 2 aromatic carbocycles. The summed E-state index contributed by atoms with van der Waals surface area (Å²) in [5.41, 5.74) is 1.91. The van der Waals surface area contributed by atoms with Crippen molar-refractivity contribution >= 4 is 27.3 Å². The van der Waals surface area contributed by atoms with E-state index in [0.717, 1.165) is 10.6 Å². The predicted octanol–water partition coefficient (Wildman–Crippen LogP) is 2.70. The topological polar surface area (TPSA) is 109 Å². The summed E-state index contributed by atoms with van der Waals surface area (Å²) < 4.78 is 31.6. The highest BCUT2D eigenvalue weighted by Crippen LogP contribution is 2.23. The van der Waals surface area contributed by atoms with Gasteiger partial charge in [0.05, 0.1) is 22.2 Å². The number of nitrogens with one attached hydrogen (secondary N) is 1. The first-order valence-corrected chi connectivity index (χ1v) is 10.5. The van der Waals surface area contributed by atoms with Gasteiger partial charge in [-0.15, -0.1) is 11.3 Å². The van der Waals surface area contributed by atoms with Crippen LogP contribution in [0.2, 0.25) is 0 Å². The van der Waals surface area contributed by atoms with Crippen LogP contribution in [0, 0.1) is 11.3 Å². The van der Waals surface area contributed by atoms with Gasteiger partial charge < -0.3 is 4.74 Å². The fourth-order valence-electron chi connectivity index (χ4n) is 2.24. The Balaban J connectivity index is 1.52. The fourth-order valence-corrected chi connectivity index (χ4v) is 4.02. The highest BCUT2D eigenvalue weighted by atomic mass is 32.2. The summed E-state index contributed by atoms with van der Waals surface area (Å²) in [5.74, 6) is -0.716. The molecule has 0 unspecified atom stereocenters. The van der Waals surface area contributed by atoms with Crippen molar-refractivity contribution in [1.82, 2.24) is 9.71 Å². The Morgan fingerprint density at radius 2 is 1.86 bits per heavy atom. The second-order valence-electron chi connectivity index (χ2n) is 5.63. The molecule has 9 heteroatoms. The van der Waals surface area contributed by atoms with Gasteiger partial charge in [0.1, 0.15) is 18.2 Å². The minimum atomic E-state index is -3.87. The number of carbonyl (C=O) groups excluding carboxylic acids is 1. The minimum Gasteiger partial charge on any atom is -0.458 e. The lowest BCUT2D eigenvalue weighted by Gasteiger charge is -2.07. The summed E-state index contributed by atoms with van der Waals surface area (Å²) in [5, 5.41) is 11.3. The van der Waals surface area contributed by atoms with Crippen LogP contribution < -0.4 is 4.72 Å². The summed E-state index contributed by atoms with van der Waals surface area (Å²) in [4.78, 5) is 16.2. The maximum Gasteiger partial charge on any atom is 0.321 e. The number of nitriles is 1. The number of carbonyl (C=O) groups is 1. The van der Waals surface area contributed by atoms with Gasteiger partial charge in [-0.05, 0) is 24.3 Å². The van der Waals surface area contributed by atoms with Gasteiger partial charge in [-0.1, -0.05) is 30.3 Å². The molecule has 0 atom stereocenters. The Morgan fingerprint density at radius 3 is 2.54 bits per heavy atom. The molecule has 0 saturated carbocycles. The molecule has 1 aromatic heterocycles. The van der Waals surface area contributed by atoms with Crippen LogP contribution in [0.25, 0.3) is 10.6 Å². The van der Waals surface area contributed by atoms with E-state index in [1.807, 2.05) is 36.4 Å². The number of hydrogen-bond acceptors (Lipinski definition) is 7. The van der Waals surface area contributed by atoms with E-state index in [9.17, 15) is 13.2 Å². The van der Waals surface area contributed by atoms with Gasteiger partial charge in [0.2, 0.25) is 10.0 Å². The molecule has 0 spiro atoms. The first kappa shape index (κ1) is 19.7. The fraction of sp³-hybridized carbons (Fsp3) is 0.105. The van der Waals surface area contributed by atoms with Crippen molar-refractivity contribution in [3.8, 4) is 16.6 Å². The Hall–Kier alpha value is -3.06. The van der Waals surface area contributed by atoms with Crippen molar-refractivity contribution in [1.29, 1.82) is 5.26 Å². The molecule has 0 fully saturated rings. The third-order valence-electron chi connectivity index (χ3n) is 3.65. The highest BCUT2D eigenvalue weighted by Gasteiger charge is 2.16. The SMILES string of the molecule is N#Cc1ccc(S(=O)(=O)NCC(=O)OCc2csc(-c3ccccc3)n2)cc1. The summed E-state index contributed by atoms with van der Waals surface area (Å²) in [7, 11) is -3.87. The zero-order chi connectivity index (χ0) is 20.0. The number of rotatable bonds is 7. The van der Waals surface area contributed by atoms with Gasteiger partial charge in [0, 0.05) is 10.9 Å². The van der Waals surface area contributed by atoms with Crippen molar-refractivity contribution < 1.29 is 17.9 Å². The summed E-state index contributed by atoms with van der Waals surface area (Å²) in [6.45, 7) is -0.543. The summed E-state index contributed by atoms with van der Waals surface area (Å²) in [6.07, 6.45) is 0. The molecule has 0 aliphatic carbocycles. The molecule has 0 aliphatic rings. The number of nitrogens with zero attached hydrogens (tertiary/aromatic N) is 2. The van der Waals surface area contributed by atoms with Crippen LogP contribution in [-0.4, -0.2) is 25.9 Å². The normalized spacial score (nSPS) is 11.0. The number of thiazole rings is 1. The molecule has 7 nitrogen and oxygen atoms in total. The summed E-state index contributed by atoms with van der Waals surface area (Å²) >= 11 is 1.44. The van der Waals surface area contributed by atoms with Crippen LogP contribution in [0.15, 0.2) is 64.9 Å². The van der Waals surface area contributed by atoms with Crippen LogP contribution in [0.1, 0.15) is 11.3 Å². The molecule has 0 aliphatic heterocycles. The molecule has 0 radical (unpaired) electrons. The lowest BCUT2D eigenvalue weighted by Crippen LogP contribution is -2.30. The lowest BCUT2D eigenvalue weighted by atomic mass is 10.2. The van der Waals surface area contributed by atoms with E-state index in [2.05, 4.69) is 9.71 Å². The lowest BCUT2D eigenvalue weighted by molar-refractivity contribution is -0.143. The maximum atomic E-state index is 12.2. The van der Waals surface area contributed by atoms with Gasteiger partial charge >= 0.3 is 5.97 Å². The van der Waals surface area contributed by atoms with E-state index in [-0.39, 0.29) is 11.5 Å².